The SMILES string of the molecule is C[C@H]1CN(S(=O)(=O)c2ccc(C(=O)N3CCC(C(N)=O)(N4CCCCC4)CC3)cc2)C[C@H](C)O1. The van der Waals surface area contributed by atoms with Crippen LogP contribution in [0.3, 0.4) is 0 Å². The smallest absolute Gasteiger partial charge is 0.253 e. The van der Waals surface area contributed by atoms with E-state index in [0.717, 1.165) is 25.9 Å². The van der Waals surface area contributed by atoms with Crippen LogP contribution in [0.5, 0.6) is 0 Å². The van der Waals surface area contributed by atoms with Crippen molar-refractivity contribution in [1.82, 2.24) is 14.1 Å². The molecule has 0 spiro atoms. The van der Waals surface area contributed by atoms with E-state index in [1.807, 2.05) is 13.8 Å². The second-order valence-electron chi connectivity index (χ2n) is 9.84. The molecular weight excluding hydrogens is 456 g/mol. The van der Waals surface area contributed by atoms with Crippen LogP contribution in [0, 0.1) is 0 Å². The molecule has 188 valence electrons. The van der Waals surface area contributed by atoms with Gasteiger partial charge in [-0.3, -0.25) is 14.5 Å². The van der Waals surface area contributed by atoms with Gasteiger partial charge in [0.25, 0.3) is 5.91 Å². The van der Waals surface area contributed by atoms with Gasteiger partial charge in [0.05, 0.1) is 17.1 Å². The Hall–Kier alpha value is -2.01. The fraction of sp³-hybridized carbons (Fsp3) is 0.667. The normalized spacial score (nSPS) is 26.8. The summed E-state index contributed by atoms with van der Waals surface area (Å²) in [6.07, 6.45) is 4.00. The molecule has 2 N–H and O–H groups in total. The molecule has 10 heteroatoms. The van der Waals surface area contributed by atoms with Gasteiger partial charge in [-0.15, -0.1) is 0 Å². The number of primary amides is 1. The molecule has 3 aliphatic rings. The zero-order valence-electron chi connectivity index (χ0n) is 20.1. The molecule has 0 unspecified atom stereocenters. The standard InChI is InChI=1S/C24H36N4O5S/c1-18-16-28(17-19(2)33-18)34(31,32)21-8-6-20(7-9-21)22(29)26-14-10-24(11-15-26,23(25)30)27-12-4-3-5-13-27/h6-9,18-19H,3-5,10-17H2,1-2H3,(H2,25,30)/t18-,19-/m0/s1. The number of nitrogens with two attached hydrogens (primary N) is 1. The number of morpholine rings is 1. The molecule has 3 aliphatic heterocycles. The highest BCUT2D eigenvalue weighted by Gasteiger charge is 2.45. The van der Waals surface area contributed by atoms with Crippen molar-refractivity contribution in [2.75, 3.05) is 39.3 Å². The molecule has 0 bridgehead atoms. The van der Waals surface area contributed by atoms with Crippen LogP contribution in [0.2, 0.25) is 0 Å². The first-order valence-corrected chi connectivity index (χ1v) is 13.7. The molecule has 0 aromatic heterocycles. The number of hydrogen-bond acceptors (Lipinski definition) is 6. The lowest BCUT2D eigenvalue weighted by Crippen LogP contribution is -2.63. The molecule has 3 saturated heterocycles. The lowest BCUT2D eigenvalue weighted by molar-refractivity contribution is -0.134. The minimum atomic E-state index is -3.66. The molecule has 3 fully saturated rings. The quantitative estimate of drug-likeness (QED) is 0.665. The summed E-state index contributed by atoms with van der Waals surface area (Å²) >= 11 is 0. The van der Waals surface area contributed by atoms with E-state index in [1.54, 1.807) is 17.0 Å². The van der Waals surface area contributed by atoms with Crippen LogP contribution in [0.25, 0.3) is 0 Å². The Bertz CT molecular complexity index is 989. The van der Waals surface area contributed by atoms with Gasteiger partial charge in [0.2, 0.25) is 15.9 Å². The fourth-order valence-electron chi connectivity index (χ4n) is 5.55. The minimum Gasteiger partial charge on any atom is -0.373 e. The fourth-order valence-corrected chi connectivity index (χ4v) is 7.14. The lowest BCUT2D eigenvalue weighted by Gasteiger charge is -2.48. The number of ether oxygens (including phenoxy) is 1. The third-order valence-corrected chi connectivity index (χ3v) is 9.27. The van der Waals surface area contributed by atoms with E-state index in [1.165, 1.54) is 22.9 Å². The van der Waals surface area contributed by atoms with Gasteiger partial charge in [0.15, 0.2) is 0 Å². The van der Waals surface area contributed by atoms with Crippen molar-refractivity contribution < 1.29 is 22.7 Å². The zero-order chi connectivity index (χ0) is 24.5. The summed E-state index contributed by atoms with van der Waals surface area (Å²) in [4.78, 5) is 29.7. The summed E-state index contributed by atoms with van der Waals surface area (Å²) in [5.41, 5.74) is 5.61. The predicted molar refractivity (Wildman–Crippen MR) is 128 cm³/mol. The second kappa shape index (κ2) is 9.93. The van der Waals surface area contributed by atoms with Crippen LogP contribution in [0.4, 0.5) is 0 Å². The molecule has 0 radical (unpaired) electrons. The Morgan fingerprint density at radius 3 is 2.03 bits per heavy atom. The Morgan fingerprint density at radius 2 is 1.50 bits per heavy atom. The number of amides is 2. The highest BCUT2D eigenvalue weighted by atomic mass is 32.2. The first-order chi connectivity index (χ1) is 16.1. The molecule has 1 aromatic rings. The van der Waals surface area contributed by atoms with Gasteiger partial charge in [-0.25, -0.2) is 8.42 Å². The van der Waals surface area contributed by atoms with E-state index in [2.05, 4.69) is 4.90 Å². The minimum absolute atomic E-state index is 0.158. The van der Waals surface area contributed by atoms with E-state index in [-0.39, 0.29) is 28.9 Å². The van der Waals surface area contributed by atoms with Crippen molar-refractivity contribution in [3.8, 4) is 0 Å². The van der Waals surface area contributed by atoms with Crippen LogP contribution in [-0.2, 0) is 19.6 Å². The molecule has 3 heterocycles. The maximum Gasteiger partial charge on any atom is 0.253 e. The van der Waals surface area contributed by atoms with Gasteiger partial charge in [0, 0.05) is 31.7 Å². The molecule has 9 nitrogen and oxygen atoms in total. The number of piperidine rings is 2. The number of rotatable bonds is 5. The van der Waals surface area contributed by atoms with Crippen LogP contribution in [-0.4, -0.2) is 91.4 Å². The van der Waals surface area contributed by atoms with Gasteiger partial charge >= 0.3 is 0 Å². The predicted octanol–water partition coefficient (Wildman–Crippen LogP) is 1.43. The largest absolute Gasteiger partial charge is 0.373 e. The highest BCUT2D eigenvalue weighted by molar-refractivity contribution is 7.89. The van der Waals surface area contributed by atoms with Gasteiger partial charge in [0.1, 0.15) is 5.54 Å². The summed E-state index contributed by atoms with van der Waals surface area (Å²) in [5, 5.41) is 0. The Morgan fingerprint density at radius 1 is 0.941 bits per heavy atom. The Labute approximate surface area is 202 Å². The van der Waals surface area contributed by atoms with Gasteiger partial charge in [-0.1, -0.05) is 6.42 Å². The first-order valence-electron chi connectivity index (χ1n) is 12.2. The Balaban J connectivity index is 1.43. The molecule has 34 heavy (non-hydrogen) atoms. The monoisotopic (exact) mass is 492 g/mol. The number of nitrogens with zero attached hydrogens (tertiary/aromatic N) is 3. The average molecular weight is 493 g/mol. The molecular formula is C24H36N4O5S. The van der Waals surface area contributed by atoms with Gasteiger partial charge in [-0.2, -0.15) is 4.31 Å². The van der Waals surface area contributed by atoms with Crippen LogP contribution in [0.15, 0.2) is 29.2 Å². The van der Waals surface area contributed by atoms with Gasteiger partial charge < -0.3 is 15.4 Å². The van der Waals surface area contributed by atoms with Crippen LogP contribution in [0.1, 0.15) is 56.3 Å². The number of sulfonamides is 1. The van der Waals surface area contributed by atoms with E-state index in [0.29, 0.717) is 44.6 Å². The average Bonchev–Trinajstić information content (AvgIpc) is 2.83. The zero-order valence-corrected chi connectivity index (χ0v) is 20.9. The maximum atomic E-state index is 13.1. The number of benzene rings is 1. The number of likely N-dealkylation sites (tertiary alicyclic amines) is 2. The summed E-state index contributed by atoms with van der Waals surface area (Å²) in [5.74, 6) is -0.461. The van der Waals surface area contributed by atoms with Crippen molar-refractivity contribution in [2.24, 2.45) is 5.73 Å². The third kappa shape index (κ3) is 4.86. The molecule has 2 atom stereocenters. The molecule has 0 aliphatic carbocycles. The summed E-state index contributed by atoms with van der Waals surface area (Å²) in [6.45, 7) is 6.96. The second-order valence-corrected chi connectivity index (χ2v) is 11.8. The molecule has 4 rings (SSSR count). The number of carbonyl (C=O) groups excluding carboxylic acids is 2. The topological polar surface area (TPSA) is 113 Å². The van der Waals surface area contributed by atoms with Crippen molar-refractivity contribution in [2.45, 2.75) is 68.6 Å². The van der Waals surface area contributed by atoms with Crippen LogP contribution < -0.4 is 5.73 Å². The summed E-state index contributed by atoms with van der Waals surface area (Å²) in [7, 11) is -3.66. The maximum absolute atomic E-state index is 13.1. The van der Waals surface area contributed by atoms with Gasteiger partial charge in [-0.05, 0) is 76.9 Å². The molecule has 2 amide bonds. The van der Waals surface area contributed by atoms with E-state index < -0.39 is 15.6 Å². The number of hydrogen-bond donors (Lipinski definition) is 1. The van der Waals surface area contributed by atoms with Crippen molar-refractivity contribution in [1.29, 1.82) is 0 Å². The van der Waals surface area contributed by atoms with E-state index >= 15 is 0 Å². The first kappa shape index (κ1) is 25.1. The molecule has 1 aromatic carbocycles. The summed E-state index contributed by atoms with van der Waals surface area (Å²) in [6, 6.07) is 6.14. The number of carbonyl (C=O) groups is 2. The van der Waals surface area contributed by atoms with E-state index in [9.17, 15) is 18.0 Å². The highest BCUT2D eigenvalue weighted by Crippen LogP contribution is 2.32. The summed E-state index contributed by atoms with van der Waals surface area (Å²) < 4.78 is 33.2. The Kier molecular flexibility index (Phi) is 7.33. The molecule has 0 saturated carbocycles. The van der Waals surface area contributed by atoms with Crippen molar-refractivity contribution in [3.05, 3.63) is 29.8 Å². The van der Waals surface area contributed by atoms with Crippen LogP contribution >= 0.6 is 0 Å². The van der Waals surface area contributed by atoms with E-state index in [4.69, 9.17) is 10.5 Å². The third-order valence-electron chi connectivity index (χ3n) is 7.42. The lowest BCUT2D eigenvalue weighted by atomic mass is 9.83. The van der Waals surface area contributed by atoms with Crippen molar-refractivity contribution >= 4 is 21.8 Å². The van der Waals surface area contributed by atoms with Crippen molar-refractivity contribution in [3.63, 3.8) is 0 Å².